The molecule has 31 heavy (non-hydrogen) atoms. The highest BCUT2D eigenvalue weighted by Crippen LogP contribution is 2.33. The van der Waals surface area contributed by atoms with Crippen molar-refractivity contribution in [1.29, 1.82) is 0 Å². The van der Waals surface area contributed by atoms with Crippen LogP contribution < -0.4 is 4.90 Å². The van der Waals surface area contributed by atoms with Crippen LogP contribution in [0.4, 0.5) is 15.2 Å². The van der Waals surface area contributed by atoms with Crippen molar-refractivity contribution in [2.24, 2.45) is 5.92 Å². The Labute approximate surface area is 185 Å². The van der Waals surface area contributed by atoms with Gasteiger partial charge in [-0.1, -0.05) is 30.3 Å². The number of piperidine rings is 1. The van der Waals surface area contributed by atoms with Gasteiger partial charge in [-0.25, -0.2) is 17.8 Å². The van der Waals surface area contributed by atoms with E-state index in [1.807, 2.05) is 42.6 Å². The fourth-order valence-electron chi connectivity index (χ4n) is 3.67. The Morgan fingerprint density at radius 3 is 2.35 bits per heavy atom. The van der Waals surface area contributed by atoms with Crippen molar-refractivity contribution >= 4 is 38.1 Å². The second-order valence-corrected chi connectivity index (χ2v) is 10.1. The number of para-hydroxylation sites is 1. The summed E-state index contributed by atoms with van der Waals surface area (Å²) in [5, 5.41) is 2.48. The number of halogens is 1. The van der Waals surface area contributed by atoms with E-state index >= 15 is 0 Å². The van der Waals surface area contributed by atoms with Gasteiger partial charge in [0.25, 0.3) is 0 Å². The summed E-state index contributed by atoms with van der Waals surface area (Å²) in [7, 11) is -3.94. The molecule has 1 aliphatic rings. The van der Waals surface area contributed by atoms with Gasteiger partial charge in [0.15, 0.2) is 5.13 Å². The van der Waals surface area contributed by atoms with Crippen molar-refractivity contribution in [1.82, 2.24) is 9.29 Å². The van der Waals surface area contributed by atoms with E-state index in [2.05, 4.69) is 4.98 Å². The number of sulfonamides is 1. The average molecular weight is 460 g/mol. The molecule has 0 saturated carbocycles. The van der Waals surface area contributed by atoms with E-state index in [9.17, 15) is 17.6 Å². The van der Waals surface area contributed by atoms with Crippen molar-refractivity contribution in [2.45, 2.75) is 24.7 Å². The van der Waals surface area contributed by atoms with Gasteiger partial charge >= 0.3 is 0 Å². The number of aromatic nitrogens is 1. The van der Waals surface area contributed by atoms with Gasteiger partial charge in [0.05, 0.1) is 11.4 Å². The Kier molecular flexibility index (Phi) is 6.17. The van der Waals surface area contributed by atoms with Gasteiger partial charge in [0.1, 0.15) is 10.7 Å². The largest absolute Gasteiger partial charge is 0.274 e. The summed E-state index contributed by atoms with van der Waals surface area (Å²) in [5.74, 6) is -1.23. The highest BCUT2D eigenvalue weighted by molar-refractivity contribution is 7.89. The van der Waals surface area contributed by atoms with Crippen LogP contribution in [-0.2, 0) is 14.8 Å². The summed E-state index contributed by atoms with van der Waals surface area (Å²) in [5.41, 5.74) is 1.56. The first kappa shape index (κ1) is 21.6. The number of anilines is 2. The Morgan fingerprint density at radius 1 is 1.10 bits per heavy atom. The van der Waals surface area contributed by atoms with Gasteiger partial charge in [-0.2, -0.15) is 4.31 Å². The number of thiazole rings is 1. The number of rotatable bonds is 5. The molecule has 6 nitrogen and oxygen atoms in total. The lowest BCUT2D eigenvalue weighted by atomic mass is 9.96. The minimum absolute atomic E-state index is 0.108. The average Bonchev–Trinajstić information content (AvgIpc) is 3.20. The van der Waals surface area contributed by atoms with Crippen LogP contribution in [0.1, 0.15) is 18.5 Å². The quantitative estimate of drug-likeness (QED) is 0.569. The topological polar surface area (TPSA) is 70.6 Å². The zero-order valence-corrected chi connectivity index (χ0v) is 18.6. The predicted octanol–water partition coefficient (Wildman–Crippen LogP) is 4.36. The van der Waals surface area contributed by atoms with Crippen LogP contribution in [0.5, 0.6) is 0 Å². The smallest absolute Gasteiger partial charge is 0.245 e. The molecule has 1 amide bonds. The molecule has 0 atom stereocenters. The summed E-state index contributed by atoms with van der Waals surface area (Å²) in [4.78, 5) is 19.2. The van der Waals surface area contributed by atoms with Crippen molar-refractivity contribution in [3.63, 3.8) is 0 Å². The van der Waals surface area contributed by atoms with Crippen molar-refractivity contribution in [3.8, 4) is 0 Å². The lowest BCUT2D eigenvalue weighted by molar-refractivity contribution is -0.122. The number of amides is 1. The van der Waals surface area contributed by atoms with E-state index in [0.29, 0.717) is 18.0 Å². The molecule has 3 aromatic rings. The monoisotopic (exact) mass is 459 g/mol. The number of carbonyl (C=O) groups is 1. The fraction of sp³-hybridized carbons (Fsp3) is 0.273. The molecule has 1 aromatic heterocycles. The Bertz CT molecular complexity index is 1170. The summed E-state index contributed by atoms with van der Waals surface area (Å²) in [6, 6.07) is 14.7. The van der Waals surface area contributed by atoms with Crippen LogP contribution in [0.25, 0.3) is 0 Å². The molecular weight excluding hydrogens is 437 g/mol. The standard InChI is InChI=1S/C22H22FN3O3S2/c1-16-15-30-22(24-16)26(18-7-3-2-4-8-18)21(27)17-11-13-25(14-12-17)31(28,29)20-10-6-5-9-19(20)23/h2-10,15,17H,11-14H2,1H3. The van der Waals surface area contributed by atoms with Gasteiger partial charge in [0.2, 0.25) is 15.9 Å². The molecule has 9 heteroatoms. The van der Waals surface area contributed by atoms with E-state index in [1.54, 1.807) is 4.90 Å². The van der Waals surface area contributed by atoms with Crippen LogP contribution in [0, 0.1) is 18.7 Å². The van der Waals surface area contributed by atoms with Crippen LogP contribution >= 0.6 is 11.3 Å². The molecule has 2 heterocycles. The molecule has 0 bridgehead atoms. The van der Waals surface area contributed by atoms with Crippen molar-refractivity contribution in [3.05, 3.63) is 71.5 Å². The third-order valence-corrected chi connectivity index (χ3v) is 8.17. The minimum Gasteiger partial charge on any atom is -0.274 e. The van der Waals surface area contributed by atoms with Crippen molar-refractivity contribution < 1.29 is 17.6 Å². The van der Waals surface area contributed by atoms with Gasteiger partial charge in [-0.3, -0.25) is 9.69 Å². The first-order valence-corrected chi connectivity index (χ1v) is 12.3. The van der Waals surface area contributed by atoms with Crippen LogP contribution in [0.2, 0.25) is 0 Å². The zero-order chi connectivity index (χ0) is 22.0. The lowest BCUT2D eigenvalue weighted by Gasteiger charge is -2.33. The fourth-order valence-corrected chi connectivity index (χ4v) is 6.03. The Balaban J connectivity index is 1.53. The third-order valence-electron chi connectivity index (χ3n) is 5.29. The summed E-state index contributed by atoms with van der Waals surface area (Å²) in [6.45, 7) is 2.19. The molecule has 0 unspecified atom stereocenters. The molecule has 1 fully saturated rings. The maximum Gasteiger partial charge on any atom is 0.245 e. The Morgan fingerprint density at radius 2 is 1.74 bits per heavy atom. The molecule has 162 valence electrons. The minimum atomic E-state index is -3.94. The van der Waals surface area contributed by atoms with Crippen LogP contribution in [-0.4, -0.2) is 36.7 Å². The summed E-state index contributed by atoms with van der Waals surface area (Å²) >= 11 is 1.39. The number of benzene rings is 2. The maximum atomic E-state index is 14.1. The SMILES string of the molecule is Cc1csc(N(C(=O)C2CCN(S(=O)(=O)c3ccccc3F)CC2)c2ccccc2)n1. The molecule has 2 aromatic carbocycles. The van der Waals surface area contributed by atoms with Gasteiger partial charge in [0, 0.05) is 24.4 Å². The second kappa shape index (κ2) is 8.86. The molecule has 1 saturated heterocycles. The highest BCUT2D eigenvalue weighted by Gasteiger charge is 2.36. The molecule has 0 radical (unpaired) electrons. The molecule has 1 aliphatic heterocycles. The first-order valence-electron chi connectivity index (χ1n) is 9.94. The maximum absolute atomic E-state index is 14.1. The normalized spacial score (nSPS) is 15.7. The number of carbonyl (C=O) groups excluding carboxylic acids is 1. The van der Waals surface area contributed by atoms with E-state index in [-0.39, 0.29) is 29.8 Å². The molecule has 0 N–H and O–H groups in total. The van der Waals surface area contributed by atoms with E-state index in [4.69, 9.17) is 0 Å². The number of hydrogen-bond acceptors (Lipinski definition) is 5. The molecule has 0 spiro atoms. The van der Waals surface area contributed by atoms with Gasteiger partial charge < -0.3 is 0 Å². The lowest BCUT2D eigenvalue weighted by Crippen LogP contribution is -2.43. The predicted molar refractivity (Wildman–Crippen MR) is 118 cm³/mol. The first-order chi connectivity index (χ1) is 14.9. The molecule has 4 rings (SSSR count). The Hall–Kier alpha value is -2.62. The summed E-state index contributed by atoms with van der Waals surface area (Å²) < 4.78 is 41.0. The number of aryl methyl sites for hydroxylation is 1. The third kappa shape index (κ3) is 4.39. The van der Waals surface area contributed by atoms with Crippen LogP contribution in [0.15, 0.2) is 64.9 Å². The van der Waals surface area contributed by atoms with Crippen LogP contribution in [0.3, 0.4) is 0 Å². The summed E-state index contributed by atoms with van der Waals surface area (Å²) in [6.07, 6.45) is 0.723. The molecule has 0 aliphatic carbocycles. The van der Waals surface area contributed by atoms with Gasteiger partial charge in [-0.15, -0.1) is 11.3 Å². The second-order valence-electron chi connectivity index (χ2n) is 7.39. The highest BCUT2D eigenvalue weighted by atomic mass is 32.2. The van der Waals surface area contributed by atoms with E-state index in [1.165, 1.54) is 33.8 Å². The number of nitrogens with zero attached hydrogens (tertiary/aromatic N) is 3. The zero-order valence-electron chi connectivity index (χ0n) is 16.9. The molecular formula is C22H22FN3O3S2. The van der Waals surface area contributed by atoms with E-state index < -0.39 is 15.8 Å². The van der Waals surface area contributed by atoms with Crippen molar-refractivity contribution in [2.75, 3.05) is 18.0 Å². The van der Waals surface area contributed by atoms with E-state index in [0.717, 1.165) is 17.4 Å². The van der Waals surface area contributed by atoms with Gasteiger partial charge in [-0.05, 0) is 44.0 Å². The number of hydrogen-bond donors (Lipinski definition) is 0.